The molecule has 7 nitrogen and oxygen atoms in total. The van der Waals surface area contributed by atoms with Gasteiger partial charge < -0.3 is 14.9 Å². The second-order valence-electron chi connectivity index (χ2n) is 6.44. The molecule has 1 heterocycles. The summed E-state index contributed by atoms with van der Waals surface area (Å²) in [5.41, 5.74) is 0.961. The van der Waals surface area contributed by atoms with Crippen LogP contribution in [-0.4, -0.2) is 41.0 Å². The largest absolute Gasteiger partial charge is 0.367 e. The van der Waals surface area contributed by atoms with Gasteiger partial charge in [0.15, 0.2) is 12.6 Å². The molecule has 1 aliphatic rings. The molecule has 1 aliphatic heterocycles. The smallest absolute Gasteiger partial charge is 0.170 e. The summed E-state index contributed by atoms with van der Waals surface area (Å²) in [6.45, 7) is 6.38. The molecular formula is C17H30N4O3S. The van der Waals surface area contributed by atoms with E-state index in [-0.39, 0.29) is 17.7 Å². The van der Waals surface area contributed by atoms with E-state index in [1.54, 1.807) is 0 Å². The van der Waals surface area contributed by atoms with Gasteiger partial charge in [-0.05, 0) is 36.8 Å². The lowest BCUT2D eigenvalue weighted by Crippen LogP contribution is -2.56. The minimum absolute atomic E-state index is 0.0105. The quantitative estimate of drug-likeness (QED) is 0.269. The van der Waals surface area contributed by atoms with E-state index in [1.165, 1.54) is 11.9 Å². The lowest BCUT2D eigenvalue weighted by Gasteiger charge is -2.29. The molecule has 1 saturated heterocycles. The number of aliphatic hydroxyl groups is 2. The van der Waals surface area contributed by atoms with Crippen molar-refractivity contribution in [1.82, 2.24) is 20.7 Å². The number of ether oxygens (including phenoxy) is 1. The summed E-state index contributed by atoms with van der Waals surface area (Å²) < 4.78 is 8.56. The fourth-order valence-electron chi connectivity index (χ4n) is 2.70. The maximum Gasteiger partial charge on any atom is 0.170 e. The molecule has 25 heavy (non-hydrogen) atoms. The van der Waals surface area contributed by atoms with Gasteiger partial charge in [-0.3, -0.25) is 16.0 Å². The van der Waals surface area contributed by atoms with Gasteiger partial charge in [0, 0.05) is 6.61 Å². The van der Waals surface area contributed by atoms with Gasteiger partial charge in [0.2, 0.25) is 0 Å². The van der Waals surface area contributed by atoms with E-state index in [9.17, 15) is 10.2 Å². The number of rotatable bonds is 10. The highest BCUT2D eigenvalue weighted by molar-refractivity contribution is 7.98. The zero-order chi connectivity index (χ0) is 18.2. The maximum absolute atomic E-state index is 10.3. The summed E-state index contributed by atoms with van der Waals surface area (Å²) in [4.78, 5) is 0. The Labute approximate surface area is 154 Å². The molecule has 6 N–H and O–H groups in total. The number of nitrogens with one attached hydrogen (secondary N) is 4. The zero-order valence-corrected chi connectivity index (χ0v) is 15.8. The van der Waals surface area contributed by atoms with Crippen LogP contribution in [0.25, 0.3) is 0 Å². The van der Waals surface area contributed by atoms with Gasteiger partial charge in [0.1, 0.15) is 5.50 Å². The van der Waals surface area contributed by atoms with Gasteiger partial charge in [-0.15, -0.1) is 0 Å². The van der Waals surface area contributed by atoms with Gasteiger partial charge in [0.25, 0.3) is 0 Å². The fourth-order valence-corrected chi connectivity index (χ4v) is 3.58. The summed E-state index contributed by atoms with van der Waals surface area (Å²) >= 11 is 1.47. The monoisotopic (exact) mass is 370 g/mol. The van der Waals surface area contributed by atoms with Crippen molar-refractivity contribution in [3.63, 3.8) is 0 Å². The molecule has 1 aromatic rings. The van der Waals surface area contributed by atoms with E-state index in [0.717, 1.165) is 5.56 Å². The first-order valence-electron chi connectivity index (χ1n) is 8.71. The Morgan fingerprint density at radius 2 is 1.96 bits per heavy atom. The van der Waals surface area contributed by atoms with E-state index in [2.05, 4.69) is 34.5 Å². The third kappa shape index (κ3) is 6.84. The van der Waals surface area contributed by atoms with E-state index < -0.39 is 12.6 Å². The first-order chi connectivity index (χ1) is 12.0. The molecule has 0 aromatic heterocycles. The molecule has 0 spiro atoms. The maximum atomic E-state index is 10.3. The Bertz CT molecular complexity index is 494. The molecule has 0 radical (unpaired) electrons. The van der Waals surface area contributed by atoms with E-state index >= 15 is 0 Å². The lowest BCUT2D eigenvalue weighted by molar-refractivity contribution is -0.128. The molecule has 0 saturated carbocycles. The topological polar surface area (TPSA) is 97.8 Å². The second-order valence-corrected chi connectivity index (χ2v) is 7.39. The van der Waals surface area contributed by atoms with Crippen LogP contribution in [0.15, 0.2) is 30.3 Å². The highest BCUT2D eigenvalue weighted by atomic mass is 32.2. The molecule has 0 bridgehead atoms. The second kappa shape index (κ2) is 10.4. The highest BCUT2D eigenvalue weighted by Crippen LogP contribution is 2.22. The van der Waals surface area contributed by atoms with Crippen LogP contribution in [0.5, 0.6) is 0 Å². The van der Waals surface area contributed by atoms with Crippen LogP contribution >= 0.6 is 11.9 Å². The highest BCUT2D eigenvalue weighted by Gasteiger charge is 2.28. The molecule has 1 aromatic carbocycles. The van der Waals surface area contributed by atoms with Crippen molar-refractivity contribution >= 4 is 11.9 Å². The number of hydrogen-bond acceptors (Lipinski definition) is 8. The first-order valence-corrected chi connectivity index (χ1v) is 9.59. The molecular weight excluding hydrogens is 340 g/mol. The Hall–Kier alpha value is -0.710. The molecule has 0 amide bonds. The third-order valence-corrected chi connectivity index (χ3v) is 4.72. The SMILES string of the molecule is CCOC(O)C(CC(C)C)NC(O)NC1NC(c2ccccc2)NS1. The van der Waals surface area contributed by atoms with Crippen LogP contribution in [0.4, 0.5) is 0 Å². The number of benzene rings is 1. The first kappa shape index (κ1) is 20.6. The fraction of sp³-hybridized carbons (Fsp3) is 0.647. The standard InChI is InChI=1S/C17H30N4O3S/c1-4-24-15(22)13(10-11(2)3)18-16(23)20-17-19-14(21-25-17)12-8-6-5-7-9-12/h5-9,11,13-23H,4,10H2,1-3H3. The van der Waals surface area contributed by atoms with Crippen LogP contribution in [0, 0.1) is 5.92 Å². The minimum Gasteiger partial charge on any atom is -0.367 e. The predicted molar refractivity (Wildman–Crippen MR) is 100.0 cm³/mol. The number of aliphatic hydroxyl groups excluding tert-OH is 2. The Balaban J connectivity index is 1.83. The van der Waals surface area contributed by atoms with Gasteiger partial charge in [-0.2, -0.15) is 0 Å². The van der Waals surface area contributed by atoms with Crippen molar-refractivity contribution in [3.8, 4) is 0 Å². The zero-order valence-electron chi connectivity index (χ0n) is 15.0. The van der Waals surface area contributed by atoms with E-state index in [4.69, 9.17) is 4.74 Å². The molecule has 1 fully saturated rings. The average Bonchev–Trinajstić information content (AvgIpc) is 3.03. The van der Waals surface area contributed by atoms with E-state index in [0.29, 0.717) is 18.9 Å². The van der Waals surface area contributed by atoms with Gasteiger partial charge in [-0.25, -0.2) is 4.72 Å². The molecule has 2 rings (SSSR count). The van der Waals surface area contributed by atoms with Crippen LogP contribution in [-0.2, 0) is 4.74 Å². The molecule has 5 atom stereocenters. The van der Waals surface area contributed by atoms with E-state index in [1.807, 2.05) is 37.3 Å². The summed E-state index contributed by atoms with van der Waals surface area (Å²) in [5.74, 6) is 0.364. The van der Waals surface area contributed by atoms with Gasteiger partial charge in [-0.1, -0.05) is 44.2 Å². The van der Waals surface area contributed by atoms with Gasteiger partial charge >= 0.3 is 0 Å². The minimum atomic E-state index is -0.972. The van der Waals surface area contributed by atoms with Crippen LogP contribution < -0.4 is 20.7 Å². The van der Waals surface area contributed by atoms with Crippen LogP contribution in [0.3, 0.4) is 0 Å². The Morgan fingerprint density at radius 1 is 1.24 bits per heavy atom. The van der Waals surface area contributed by atoms with Crippen LogP contribution in [0.1, 0.15) is 38.9 Å². The van der Waals surface area contributed by atoms with Gasteiger partial charge in [0.05, 0.1) is 12.2 Å². The van der Waals surface area contributed by atoms with Crippen molar-refractivity contribution in [2.24, 2.45) is 5.92 Å². The van der Waals surface area contributed by atoms with Crippen molar-refractivity contribution in [2.45, 2.75) is 57.5 Å². The summed E-state index contributed by atoms with van der Waals surface area (Å²) in [5, 5.41) is 29.8. The van der Waals surface area contributed by atoms with Crippen molar-refractivity contribution in [2.75, 3.05) is 6.61 Å². The van der Waals surface area contributed by atoms with Crippen LogP contribution in [0.2, 0.25) is 0 Å². The third-order valence-electron chi connectivity index (χ3n) is 3.84. The normalized spacial score (nSPS) is 24.4. The molecule has 142 valence electrons. The number of hydrogen-bond donors (Lipinski definition) is 6. The van der Waals surface area contributed by atoms with Crippen molar-refractivity contribution in [3.05, 3.63) is 35.9 Å². The average molecular weight is 371 g/mol. The summed E-state index contributed by atoms with van der Waals surface area (Å²) in [7, 11) is 0. The molecule has 0 aliphatic carbocycles. The predicted octanol–water partition coefficient (Wildman–Crippen LogP) is 1.03. The Kier molecular flexibility index (Phi) is 8.60. The molecule has 8 heteroatoms. The molecule has 5 unspecified atom stereocenters. The van der Waals surface area contributed by atoms with Crippen molar-refractivity contribution in [1.29, 1.82) is 0 Å². The Morgan fingerprint density at radius 3 is 2.60 bits per heavy atom. The summed E-state index contributed by atoms with van der Waals surface area (Å²) in [6, 6.07) is 9.69. The summed E-state index contributed by atoms with van der Waals surface area (Å²) in [6.07, 6.45) is -1.23. The lowest BCUT2D eigenvalue weighted by atomic mass is 10.0. The van der Waals surface area contributed by atoms with Crippen molar-refractivity contribution < 1.29 is 14.9 Å².